The molecule has 2 rings (SSSR count). The highest BCUT2D eigenvalue weighted by Gasteiger charge is 2.26. The van der Waals surface area contributed by atoms with E-state index in [0.717, 1.165) is 24.2 Å². The smallest absolute Gasteiger partial charge is 0.123 e. The fraction of sp³-hybridized carbons (Fsp3) is 0.571. The second-order valence-corrected chi connectivity index (χ2v) is 5.17. The lowest BCUT2D eigenvalue weighted by Gasteiger charge is -2.22. The summed E-state index contributed by atoms with van der Waals surface area (Å²) in [5.41, 5.74) is 6.75. The van der Waals surface area contributed by atoms with Gasteiger partial charge in [-0.25, -0.2) is 4.39 Å². The first-order valence-corrected chi connectivity index (χ1v) is 6.25. The molecule has 2 unspecified atom stereocenters. The van der Waals surface area contributed by atoms with Crippen LogP contribution in [0.15, 0.2) is 18.2 Å². The third-order valence-corrected chi connectivity index (χ3v) is 3.57. The van der Waals surface area contributed by atoms with Crippen LogP contribution >= 0.6 is 0 Å². The molecule has 17 heavy (non-hydrogen) atoms. The molecule has 1 aliphatic rings. The van der Waals surface area contributed by atoms with Gasteiger partial charge in [0.2, 0.25) is 0 Å². The van der Waals surface area contributed by atoms with E-state index >= 15 is 0 Å². The maximum absolute atomic E-state index is 13.1. The molecule has 0 saturated carbocycles. The molecule has 94 valence electrons. The van der Waals surface area contributed by atoms with Gasteiger partial charge in [-0.05, 0) is 43.0 Å². The lowest BCUT2D eigenvalue weighted by atomic mass is 9.89. The SMILES string of the molecule is CC(C)C(CN)CC1Cc2cc(F)ccc2O1. The Bertz CT molecular complexity index is 392. The number of hydrogen-bond acceptors (Lipinski definition) is 2. The Kier molecular flexibility index (Phi) is 3.67. The van der Waals surface area contributed by atoms with Crippen LogP contribution in [-0.4, -0.2) is 12.6 Å². The molecule has 1 aromatic carbocycles. The van der Waals surface area contributed by atoms with Gasteiger partial charge in [0.15, 0.2) is 0 Å². The summed E-state index contributed by atoms with van der Waals surface area (Å²) in [5.74, 6) is 1.67. The summed E-state index contributed by atoms with van der Waals surface area (Å²) in [4.78, 5) is 0. The predicted molar refractivity (Wildman–Crippen MR) is 66.5 cm³/mol. The highest BCUT2D eigenvalue weighted by molar-refractivity contribution is 5.37. The minimum atomic E-state index is -0.188. The first kappa shape index (κ1) is 12.4. The number of hydrogen-bond donors (Lipinski definition) is 1. The number of fused-ring (bicyclic) bond motifs is 1. The largest absolute Gasteiger partial charge is 0.490 e. The summed E-state index contributed by atoms with van der Waals surface area (Å²) in [6, 6.07) is 4.74. The average molecular weight is 237 g/mol. The zero-order chi connectivity index (χ0) is 12.4. The second-order valence-electron chi connectivity index (χ2n) is 5.17. The second kappa shape index (κ2) is 5.05. The van der Waals surface area contributed by atoms with Crippen molar-refractivity contribution in [2.45, 2.75) is 32.8 Å². The molecule has 0 fully saturated rings. The molecule has 1 aromatic rings. The summed E-state index contributed by atoms with van der Waals surface area (Å²) < 4.78 is 18.9. The van der Waals surface area contributed by atoms with Gasteiger partial charge in [0.1, 0.15) is 17.7 Å². The van der Waals surface area contributed by atoms with Crippen molar-refractivity contribution in [1.29, 1.82) is 0 Å². The number of halogens is 1. The molecule has 3 heteroatoms. The fourth-order valence-corrected chi connectivity index (χ4v) is 2.40. The van der Waals surface area contributed by atoms with Gasteiger partial charge in [-0.3, -0.25) is 0 Å². The molecule has 2 atom stereocenters. The fourth-order valence-electron chi connectivity index (χ4n) is 2.40. The summed E-state index contributed by atoms with van der Waals surface area (Å²) >= 11 is 0. The molecule has 0 aromatic heterocycles. The van der Waals surface area contributed by atoms with Crippen molar-refractivity contribution >= 4 is 0 Å². The molecule has 1 heterocycles. The summed E-state index contributed by atoms with van der Waals surface area (Å²) in [6.45, 7) is 5.04. The first-order valence-electron chi connectivity index (χ1n) is 6.25. The van der Waals surface area contributed by atoms with Crippen molar-refractivity contribution in [1.82, 2.24) is 0 Å². The highest BCUT2D eigenvalue weighted by atomic mass is 19.1. The lowest BCUT2D eigenvalue weighted by molar-refractivity contribution is 0.177. The first-order chi connectivity index (χ1) is 8.10. The standard InChI is InChI=1S/C14H20FNO/c1-9(2)11(8-16)7-13-6-10-5-12(15)3-4-14(10)17-13/h3-5,9,11,13H,6-8,16H2,1-2H3. The van der Waals surface area contributed by atoms with Crippen LogP contribution in [0.2, 0.25) is 0 Å². The van der Waals surface area contributed by atoms with Crippen molar-refractivity contribution in [3.05, 3.63) is 29.6 Å². The van der Waals surface area contributed by atoms with Gasteiger partial charge >= 0.3 is 0 Å². The van der Waals surface area contributed by atoms with E-state index in [1.165, 1.54) is 6.07 Å². The molecule has 0 radical (unpaired) electrons. The molecule has 1 aliphatic heterocycles. The molecule has 2 N–H and O–H groups in total. The van der Waals surface area contributed by atoms with E-state index in [-0.39, 0.29) is 11.9 Å². The van der Waals surface area contributed by atoms with Crippen molar-refractivity contribution < 1.29 is 9.13 Å². The van der Waals surface area contributed by atoms with E-state index in [0.29, 0.717) is 18.4 Å². The Morgan fingerprint density at radius 3 is 2.88 bits per heavy atom. The molecular formula is C14H20FNO. The maximum atomic E-state index is 13.1. The quantitative estimate of drug-likeness (QED) is 0.874. The van der Waals surface area contributed by atoms with Gasteiger partial charge in [-0.15, -0.1) is 0 Å². The van der Waals surface area contributed by atoms with Crippen LogP contribution in [-0.2, 0) is 6.42 Å². The molecule has 0 aliphatic carbocycles. The van der Waals surface area contributed by atoms with Gasteiger partial charge in [-0.2, -0.15) is 0 Å². The molecule has 0 saturated heterocycles. The van der Waals surface area contributed by atoms with E-state index < -0.39 is 0 Å². The topological polar surface area (TPSA) is 35.2 Å². The van der Waals surface area contributed by atoms with Gasteiger partial charge in [0.05, 0.1) is 0 Å². The third-order valence-electron chi connectivity index (χ3n) is 3.57. The number of rotatable bonds is 4. The van der Waals surface area contributed by atoms with E-state index in [4.69, 9.17) is 10.5 Å². The molecule has 0 spiro atoms. The minimum Gasteiger partial charge on any atom is -0.490 e. The normalized spacial score (nSPS) is 20.2. The third kappa shape index (κ3) is 2.78. The van der Waals surface area contributed by atoms with Crippen molar-refractivity contribution in [3.63, 3.8) is 0 Å². The summed E-state index contributed by atoms with van der Waals surface area (Å²) in [5, 5.41) is 0. The van der Waals surface area contributed by atoms with Crippen molar-refractivity contribution in [2.75, 3.05) is 6.54 Å². The summed E-state index contributed by atoms with van der Waals surface area (Å²) in [6.07, 6.45) is 1.91. The van der Waals surface area contributed by atoms with E-state index in [1.54, 1.807) is 12.1 Å². The van der Waals surface area contributed by atoms with Gasteiger partial charge in [0.25, 0.3) is 0 Å². The molecule has 0 amide bonds. The van der Waals surface area contributed by atoms with Gasteiger partial charge < -0.3 is 10.5 Å². The van der Waals surface area contributed by atoms with Crippen molar-refractivity contribution in [2.24, 2.45) is 17.6 Å². The number of nitrogens with two attached hydrogens (primary N) is 1. The average Bonchev–Trinajstić information content (AvgIpc) is 2.66. The van der Waals surface area contributed by atoms with Gasteiger partial charge in [0, 0.05) is 12.0 Å². The zero-order valence-electron chi connectivity index (χ0n) is 10.4. The predicted octanol–water partition coefficient (Wildman–Crippen LogP) is 2.75. The number of ether oxygens (including phenoxy) is 1. The lowest BCUT2D eigenvalue weighted by Crippen LogP contribution is -2.27. The van der Waals surface area contributed by atoms with E-state index in [1.807, 2.05) is 0 Å². The zero-order valence-corrected chi connectivity index (χ0v) is 10.4. The van der Waals surface area contributed by atoms with Crippen molar-refractivity contribution in [3.8, 4) is 5.75 Å². The minimum absolute atomic E-state index is 0.155. The van der Waals surface area contributed by atoms with Crippen LogP contribution in [0.1, 0.15) is 25.8 Å². The summed E-state index contributed by atoms with van der Waals surface area (Å²) in [7, 11) is 0. The Balaban J connectivity index is 2.00. The Hall–Kier alpha value is -1.09. The van der Waals surface area contributed by atoms with Crippen LogP contribution in [0.4, 0.5) is 4.39 Å². The van der Waals surface area contributed by atoms with E-state index in [9.17, 15) is 4.39 Å². The van der Waals surface area contributed by atoms with Crippen LogP contribution in [0, 0.1) is 17.7 Å². The number of benzene rings is 1. The Morgan fingerprint density at radius 2 is 2.24 bits per heavy atom. The monoisotopic (exact) mass is 237 g/mol. The van der Waals surface area contributed by atoms with E-state index in [2.05, 4.69) is 13.8 Å². The van der Waals surface area contributed by atoms with Crippen LogP contribution < -0.4 is 10.5 Å². The molecular weight excluding hydrogens is 217 g/mol. The Labute approximate surface area is 102 Å². The van der Waals surface area contributed by atoms with Gasteiger partial charge in [-0.1, -0.05) is 13.8 Å². The van der Waals surface area contributed by atoms with Crippen LogP contribution in [0.25, 0.3) is 0 Å². The molecule has 0 bridgehead atoms. The Morgan fingerprint density at radius 1 is 1.47 bits per heavy atom. The van der Waals surface area contributed by atoms with Crippen LogP contribution in [0.5, 0.6) is 5.75 Å². The highest BCUT2D eigenvalue weighted by Crippen LogP contribution is 2.32. The van der Waals surface area contributed by atoms with Crippen LogP contribution in [0.3, 0.4) is 0 Å². The maximum Gasteiger partial charge on any atom is 0.123 e. The molecule has 2 nitrogen and oxygen atoms in total.